The number of phosphoric acid groups is 1. The first kappa shape index (κ1) is 11.1. The lowest BCUT2D eigenvalue weighted by Gasteiger charge is -2.14. The van der Waals surface area contributed by atoms with Gasteiger partial charge in [0.15, 0.2) is 0 Å². The highest BCUT2D eigenvalue weighted by molar-refractivity contribution is 7.46. The molecule has 0 amide bonds. The van der Waals surface area contributed by atoms with Crippen LogP contribution in [0.1, 0.15) is 6.42 Å². The lowest BCUT2D eigenvalue weighted by molar-refractivity contribution is -0.223. The van der Waals surface area contributed by atoms with Crippen LogP contribution < -0.4 is 10.2 Å². The molecule has 1 atom stereocenters. The topological polar surface area (TPSA) is 138 Å². The molecule has 14 heavy (non-hydrogen) atoms. The first-order valence-corrected chi connectivity index (χ1v) is 5.12. The lowest BCUT2D eigenvalue weighted by atomic mass is 10.2. The number of hydrogen-bond acceptors (Lipinski definition) is 6. The molecule has 0 aliphatic carbocycles. The zero-order valence-corrected chi connectivity index (χ0v) is 7.76. The molecule has 0 saturated heterocycles. The van der Waals surface area contributed by atoms with Crippen molar-refractivity contribution in [2.45, 2.75) is 12.5 Å². The molecule has 8 nitrogen and oxygen atoms in total. The molecule has 1 heterocycles. The van der Waals surface area contributed by atoms with Gasteiger partial charge in [-0.15, -0.1) is 0 Å². The summed E-state index contributed by atoms with van der Waals surface area (Å²) in [7, 11) is -4.53. The molecule has 0 aromatic rings. The Morgan fingerprint density at radius 2 is 2.14 bits per heavy atom. The second kappa shape index (κ2) is 4.05. The minimum atomic E-state index is -4.53. The van der Waals surface area contributed by atoms with Crippen molar-refractivity contribution in [2.24, 2.45) is 9.98 Å². The van der Waals surface area contributed by atoms with Crippen molar-refractivity contribution >= 4 is 19.7 Å². The monoisotopic (exact) mass is 222 g/mol. The van der Waals surface area contributed by atoms with Gasteiger partial charge in [0.05, 0.1) is 18.7 Å². The summed E-state index contributed by atoms with van der Waals surface area (Å²) in [5, 5.41) is 21.3. The van der Waals surface area contributed by atoms with Crippen LogP contribution in [0.2, 0.25) is 0 Å². The first-order valence-electron chi connectivity index (χ1n) is 3.59. The minimum absolute atomic E-state index is 0.0703. The largest absolute Gasteiger partial charge is 0.860 e. The molecule has 0 aromatic heterocycles. The normalized spacial score (nSPS) is 22.0. The molecule has 0 saturated carbocycles. The zero-order valence-electron chi connectivity index (χ0n) is 6.86. The molecule has 2 N–H and O–H groups in total. The lowest BCUT2D eigenvalue weighted by Crippen LogP contribution is -2.29. The van der Waals surface area contributed by atoms with Crippen LogP contribution in [-0.4, -0.2) is 34.4 Å². The standard InChI is InChI=1S/C5H9N2O6P/c8-4-3(6-5(9)7-4)1-2-13-14(10,11)12/h3H,1-2H2,(H2,10,11,12)(H2,6,7,8,9)/p-2. The third kappa shape index (κ3) is 3.43. The van der Waals surface area contributed by atoms with Crippen LogP contribution in [0.15, 0.2) is 9.98 Å². The van der Waals surface area contributed by atoms with Gasteiger partial charge in [0.1, 0.15) is 0 Å². The maximum absolute atomic E-state index is 10.8. The second-order valence-corrected chi connectivity index (χ2v) is 3.73. The quantitative estimate of drug-likeness (QED) is 0.498. The average Bonchev–Trinajstić information content (AvgIpc) is 2.27. The molecule has 1 aliphatic heterocycles. The van der Waals surface area contributed by atoms with E-state index in [1.165, 1.54) is 0 Å². The Balaban J connectivity index is 2.34. The van der Waals surface area contributed by atoms with E-state index in [9.17, 15) is 14.8 Å². The predicted octanol–water partition coefficient (Wildman–Crippen LogP) is -2.66. The summed E-state index contributed by atoms with van der Waals surface area (Å²) in [5.74, 6) is -0.704. The molecule has 1 unspecified atom stereocenters. The zero-order chi connectivity index (χ0) is 10.8. The molecule has 0 radical (unpaired) electrons. The van der Waals surface area contributed by atoms with Gasteiger partial charge in [0.25, 0.3) is 0 Å². The number of hydrogen-bond donors (Lipinski definition) is 2. The van der Waals surface area contributed by atoms with E-state index in [-0.39, 0.29) is 13.0 Å². The second-order valence-electron chi connectivity index (χ2n) is 2.49. The Labute approximate surface area is 78.8 Å². The maximum atomic E-state index is 10.8. The van der Waals surface area contributed by atoms with E-state index in [1.807, 2.05) is 0 Å². The minimum Gasteiger partial charge on any atom is -0.860 e. The molecular weight excluding hydrogens is 215 g/mol. The van der Waals surface area contributed by atoms with Crippen molar-refractivity contribution in [2.75, 3.05) is 6.61 Å². The number of nitrogens with zero attached hydrogens (tertiary/aromatic N) is 2. The van der Waals surface area contributed by atoms with Crippen molar-refractivity contribution < 1.29 is 29.1 Å². The molecule has 0 spiro atoms. The van der Waals surface area contributed by atoms with Crippen molar-refractivity contribution in [3.8, 4) is 0 Å². The summed E-state index contributed by atoms with van der Waals surface area (Å²) in [6, 6.07) is -1.83. The maximum Gasteiger partial charge on any atom is 0.469 e. The van der Waals surface area contributed by atoms with Gasteiger partial charge in [-0.2, -0.15) is 0 Å². The van der Waals surface area contributed by atoms with Crippen molar-refractivity contribution in [3.05, 3.63) is 0 Å². The van der Waals surface area contributed by atoms with E-state index in [1.54, 1.807) is 0 Å². The highest BCUT2D eigenvalue weighted by atomic mass is 31.2. The summed E-state index contributed by atoms with van der Waals surface area (Å²) in [4.78, 5) is 22.9. The van der Waals surface area contributed by atoms with Crippen LogP contribution in [0.4, 0.5) is 0 Å². The fraction of sp³-hybridized carbons (Fsp3) is 0.600. The first-order chi connectivity index (χ1) is 6.38. The van der Waals surface area contributed by atoms with Gasteiger partial charge in [0, 0.05) is 0 Å². The Morgan fingerprint density at radius 1 is 1.50 bits per heavy atom. The summed E-state index contributed by atoms with van der Waals surface area (Å²) >= 11 is 0. The summed E-state index contributed by atoms with van der Waals surface area (Å²) < 4.78 is 14.3. The van der Waals surface area contributed by atoms with Crippen LogP contribution in [0.3, 0.4) is 0 Å². The van der Waals surface area contributed by atoms with Gasteiger partial charge in [-0.3, -0.25) is 14.5 Å². The Bertz CT molecular complexity index is 320. The van der Waals surface area contributed by atoms with Crippen LogP contribution in [0.25, 0.3) is 0 Å². The SMILES string of the molecule is O=P(O)(O)OCCC1N=C([O-])N=C1[O-]. The van der Waals surface area contributed by atoms with Crippen molar-refractivity contribution in [3.63, 3.8) is 0 Å². The molecule has 0 aromatic carbocycles. The van der Waals surface area contributed by atoms with Crippen LogP contribution in [-0.2, 0) is 9.09 Å². The number of aliphatic imine (C=N–C) groups is 2. The van der Waals surface area contributed by atoms with Crippen LogP contribution in [0, 0.1) is 0 Å². The molecule has 9 heteroatoms. The van der Waals surface area contributed by atoms with Gasteiger partial charge in [-0.05, 0) is 12.3 Å². The number of amidine groups is 1. The summed E-state index contributed by atoms with van der Waals surface area (Å²) in [6.07, 6.45) is -0.0703. The molecule has 1 rings (SSSR count). The van der Waals surface area contributed by atoms with Gasteiger partial charge < -0.3 is 20.0 Å². The Kier molecular flexibility index (Phi) is 3.22. The Hall–Kier alpha value is -0.950. The van der Waals surface area contributed by atoms with Gasteiger partial charge >= 0.3 is 7.82 Å². The van der Waals surface area contributed by atoms with Gasteiger partial charge in [-0.25, -0.2) is 4.57 Å². The highest BCUT2D eigenvalue weighted by Gasteiger charge is 2.16. The van der Waals surface area contributed by atoms with Crippen LogP contribution in [0.5, 0.6) is 0 Å². The van der Waals surface area contributed by atoms with E-state index >= 15 is 0 Å². The number of rotatable bonds is 4. The Morgan fingerprint density at radius 3 is 2.57 bits per heavy atom. The highest BCUT2D eigenvalue weighted by Crippen LogP contribution is 2.35. The number of phosphoric ester groups is 1. The van der Waals surface area contributed by atoms with E-state index in [0.29, 0.717) is 0 Å². The van der Waals surface area contributed by atoms with Crippen molar-refractivity contribution in [1.29, 1.82) is 0 Å². The molecule has 80 valence electrons. The third-order valence-corrected chi connectivity index (χ3v) is 1.93. The molecule has 0 fully saturated rings. The van der Waals surface area contributed by atoms with E-state index in [2.05, 4.69) is 14.5 Å². The molecular formula is C5H7N2O6P-2. The smallest absolute Gasteiger partial charge is 0.469 e. The van der Waals surface area contributed by atoms with Gasteiger partial charge in [0.2, 0.25) is 0 Å². The summed E-state index contributed by atoms with van der Waals surface area (Å²) in [5.41, 5.74) is 0. The van der Waals surface area contributed by atoms with Gasteiger partial charge in [-0.1, -0.05) is 0 Å². The van der Waals surface area contributed by atoms with Crippen molar-refractivity contribution in [1.82, 2.24) is 0 Å². The molecule has 0 bridgehead atoms. The van der Waals surface area contributed by atoms with E-state index < -0.39 is 25.8 Å². The van der Waals surface area contributed by atoms with Crippen LogP contribution >= 0.6 is 7.82 Å². The summed E-state index contributed by atoms with van der Waals surface area (Å²) in [6.45, 7) is -0.354. The fourth-order valence-corrected chi connectivity index (χ4v) is 1.20. The average molecular weight is 222 g/mol. The predicted molar refractivity (Wildman–Crippen MR) is 41.3 cm³/mol. The molecule has 1 aliphatic rings. The third-order valence-electron chi connectivity index (χ3n) is 1.41. The van der Waals surface area contributed by atoms with E-state index in [4.69, 9.17) is 9.79 Å². The van der Waals surface area contributed by atoms with E-state index in [0.717, 1.165) is 0 Å². The fourth-order valence-electron chi connectivity index (χ4n) is 0.857.